The number of rotatable bonds is 5. The van der Waals surface area contributed by atoms with Crippen LogP contribution in [0.4, 0.5) is 8.78 Å². The molecule has 0 heterocycles. The lowest BCUT2D eigenvalue weighted by Crippen LogP contribution is -2.19. The van der Waals surface area contributed by atoms with E-state index < -0.39 is 25.7 Å². The zero-order valence-electron chi connectivity index (χ0n) is 9.70. The van der Waals surface area contributed by atoms with E-state index >= 15 is 0 Å². The van der Waals surface area contributed by atoms with Crippen LogP contribution in [0.5, 0.6) is 0 Å². The second kappa shape index (κ2) is 5.69. The Bertz CT molecular complexity index is 453. The molecule has 1 rings (SSSR count). The molecular weight excluding hydrogens is 263 g/mol. The maximum absolute atomic E-state index is 12.8. The SMILES string of the molecule is CC(F)(F)CC(/N=C/c1ccccc1)P(=O)(O)O. The third-order valence-corrected chi connectivity index (χ3v) is 3.22. The second-order valence-electron chi connectivity index (χ2n) is 4.03. The van der Waals surface area contributed by atoms with Gasteiger partial charge in [0.2, 0.25) is 5.92 Å². The second-order valence-corrected chi connectivity index (χ2v) is 5.81. The summed E-state index contributed by atoms with van der Waals surface area (Å²) in [5.74, 6) is -4.91. The molecule has 1 aromatic carbocycles. The minimum atomic E-state index is -4.69. The first-order valence-corrected chi connectivity index (χ1v) is 6.88. The van der Waals surface area contributed by atoms with Gasteiger partial charge in [-0.15, -0.1) is 0 Å². The number of nitrogens with zero attached hydrogens (tertiary/aromatic N) is 1. The topological polar surface area (TPSA) is 69.9 Å². The summed E-state index contributed by atoms with van der Waals surface area (Å²) in [6, 6.07) is 8.50. The monoisotopic (exact) mass is 277 g/mol. The minimum absolute atomic E-state index is 0.593. The Morgan fingerprint density at radius 3 is 2.39 bits per heavy atom. The van der Waals surface area contributed by atoms with Gasteiger partial charge in [0.05, 0.1) is 0 Å². The lowest BCUT2D eigenvalue weighted by Gasteiger charge is -2.18. The van der Waals surface area contributed by atoms with E-state index in [0.29, 0.717) is 12.5 Å². The van der Waals surface area contributed by atoms with E-state index in [0.717, 1.165) is 0 Å². The van der Waals surface area contributed by atoms with E-state index in [1.165, 1.54) is 6.21 Å². The van der Waals surface area contributed by atoms with Gasteiger partial charge in [-0.05, 0) is 12.5 Å². The van der Waals surface area contributed by atoms with Crippen molar-refractivity contribution in [2.75, 3.05) is 0 Å². The summed E-state index contributed by atoms with van der Waals surface area (Å²) in [6.07, 6.45) is 0.204. The van der Waals surface area contributed by atoms with Crippen LogP contribution in [0.3, 0.4) is 0 Å². The van der Waals surface area contributed by atoms with Gasteiger partial charge in [0.15, 0.2) is 5.78 Å². The van der Waals surface area contributed by atoms with E-state index in [4.69, 9.17) is 9.79 Å². The smallest absolute Gasteiger partial charge is 0.323 e. The molecule has 0 aliphatic heterocycles. The van der Waals surface area contributed by atoms with Crippen LogP contribution in [0.2, 0.25) is 0 Å². The molecule has 0 saturated heterocycles. The Labute approximate surface area is 104 Å². The zero-order chi connectivity index (χ0) is 13.8. The highest BCUT2D eigenvalue weighted by Gasteiger charge is 2.36. The fourth-order valence-corrected chi connectivity index (χ4v) is 2.09. The Hall–Kier alpha value is -1.10. The van der Waals surface area contributed by atoms with Gasteiger partial charge >= 0.3 is 7.60 Å². The molecule has 0 aromatic heterocycles. The average Bonchev–Trinajstić information content (AvgIpc) is 2.22. The van der Waals surface area contributed by atoms with Crippen LogP contribution in [0.15, 0.2) is 35.3 Å². The van der Waals surface area contributed by atoms with Gasteiger partial charge in [-0.2, -0.15) is 0 Å². The van der Waals surface area contributed by atoms with E-state index in [9.17, 15) is 13.3 Å². The molecule has 0 radical (unpaired) electrons. The van der Waals surface area contributed by atoms with Crippen LogP contribution < -0.4 is 0 Å². The summed E-state index contributed by atoms with van der Waals surface area (Å²) in [7, 11) is -4.69. The Morgan fingerprint density at radius 1 is 1.39 bits per heavy atom. The van der Waals surface area contributed by atoms with Crippen molar-refractivity contribution >= 4 is 13.8 Å². The largest absolute Gasteiger partial charge is 0.350 e. The minimum Gasteiger partial charge on any atom is -0.323 e. The van der Waals surface area contributed by atoms with Crippen molar-refractivity contribution in [1.29, 1.82) is 0 Å². The van der Waals surface area contributed by atoms with Crippen molar-refractivity contribution in [2.45, 2.75) is 25.1 Å². The Kier molecular flexibility index (Phi) is 4.73. The summed E-state index contributed by atoms with van der Waals surface area (Å²) in [6.45, 7) is 0.605. The molecule has 0 amide bonds. The molecule has 0 spiro atoms. The lowest BCUT2D eigenvalue weighted by molar-refractivity contribution is 0.0108. The number of aliphatic imine (C=N–C) groups is 1. The highest BCUT2D eigenvalue weighted by atomic mass is 31.2. The molecule has 4 nitrogen and oxygen atoms in total. The summed E-state index contributed by atoms with van der Waals surface area (Å²) >= 11 is 0. The molecule has 1 unspecified atom stereocenters. The Morgan fingerprint density at radius 2 is 1.94 bits per heavy atom. The molecule has 0 aliphatic carbocycles. The van der Waals surface area contributed by atoms with Crippen molar-refractivity contribution in [3.63, 3.8) is 0 Å². The van der Waals surface area contributed by atoms with Crippen molar-refractivity contribution < 1.29 is 23.1 Å². The quantitative estimate of drug-likeness (QED) is 0.642. The maximum Gasteiger partial charge on any atom is 0.350 e. The highest BCUT2D eigenvalue weighted by Crippen LogP contribution is 2.46. The van der Waals surface area contributed by atoms with Crippen LogP contribution >= 0.6 is 7.60 Å². The molecule has 0 fully saturated rings. The van der Waals surface area contributed by atoms with E-state index in [1.807, 2.05) is 0 Å². The van der Waals surface area contributed by atoms with Gasteiger partial charge < -0.3 is 9.79 Å². The predicted molar refractivity (Wildman–Crippen MR) is 65.1 cm³/mol. The van der Waals surface area contributed by atoms with Gasteiger partial charge in [-0.1, -0.05) is 30.3 Å². The van der Waals surface area contributed by atoms with Crippen LogP contribution in [0.1, 0.15) is 18.9 Å². The van der Waals surface area contributed by atoms with E-state index in [1.54, 1.807) is 30.3 Å². The lowest BCUT2D eigenvalue weighted by atomic mass is 10.2. The number of hydrogen-bond acceptors (Lipinski definition) is 2. The molecule has 1 atom stereocenters. The average molecular weight is 277 g/mol. The van der Waals surface area contributed by atoms with Crippen LogP contribution in [0, 0.1) is 0 Å². The van der Waals surface area contributed by atoms with Gasteiger partial charge in [-0.3, -0.25) is 9.56 Å². The fourth-order valence-electron chi connectivity index (χ4n) is 1.29. The molecule has 0 saturated carbocycles. The fraction of sp³-hybridized carbons (Fsp3) is 0.364. The summed E-state index contributed by atoms with van der Waals surface area (Å²) < 4.78 is 36.7. The first-order valence-electron chi connectivity index (χ1n) is 5.20. The third-order valence-electron chi connectivity index (χ3n) is 2.12. The normalized spacial score (nSPS) is 14.9. The van der Waals surface area contributed by atoms with Crippen molar-refractivity contribution in [2.24, 2.45) is 4.99 Å². The number of alkyl halides is 2. The molecule has 18 heavy (non-hydrogen) atoms. The van der Waals surface area contributed by atoms with Crippen LogP contribution in [-0.4, -0.2) is 27.7 Å². The first kappa shape index (κ1) is 15.0. The maximum atomic E-state index is 12.8. The molecule has 0 aliphatic rings. The molecule has 7 heteroatoms. The summed E-state index contributed by atoms with van der Waals surface area (Å²) in [4.78, 5) is 21.5. The number of hydrogen-bond donors (Lipinski definition) is 2. The third kappa shape index (κ3) is 5.49. The summed E-state index contributed by atoms with van der Waals surface area (Å²) in [5, 5.41) is 0. The number of halogens is 2. The predicted octanol–water partition coefficient (Wildman–Crippen LogP) is 2.65. The van der Waals surface area contributed by atoms with Gasteiger partial charge in [0.25, 0.3) is 0 Å². The summed E-state index contributed by atoms with van der Waals surface area (Å²) in [5.41, 5.74) is 0.593. The molecule has 2 N–H and O–H groups in total. The molecule has 1 aromatic rings. The molecule has 100 valence electrons. The van der Waals surface area contributed by atoms with Gasteiger partial charge in [0.1, 0.15) is 0 Å². The van der Waals surface area contributed by atoms with Crippen LogP contribution in [0.25, 0.3) is 0 Å². The highest BCUT2D eigenvalue weighted by molar-refractivity contribution is 7.52. The Balaban J connectivity index is 2.86. The number of benzene rings is 1. The van der Waals surface area contributed by atoms with Crippen molar-refractivity contribution in [3.8, 4) is 0 Å². The first-order chi connectivity index (χ1) is 8.18. The molecular formula is C11H14F2NO3P. The van der Waals surface area contributed by atoms with E-state index in [2.05, 4.69) is 4.99 Å². The molecule has 0 bridgehead atoms. The zero-order valence-corrected chi connectivity index (χ0v) is 10.6. The van der Waals surface area contributed by atoms with Crippen LogP contribution in [-0.2, 0) is 4.57 Å². The van der Waals surface area contributed by atoms with E-state index in [-0.39, 0.29) is 0 Å². The van der Waals surface area contributed by atoms with Crippen molar-refractivity contribution in [1.82, 2.24) is 0 Å². The van der Waals surface area contributed by atoms with Gasteiger partial charge in [0, 0.05) is 12.6 Å². The van der Waals surface area contributed by atoms with Gasteiger partial charge in [-0.25, -0.2) is 8.78 Å². The standard InChI is InChI=1S/C11H14F2NO3P/c1-11(12,13)7-10(18(15,16)17)14-8-9-5-3-2-4-6-9/h2-6,8,10H,7H2,1H3,(H2,15,16,17)/b14-8+. The van der Waals surface area contributed by atoms with Crippen molar-refractivity contribution in [3.05, 3.63) is 35.9 Å².